The highest BCUT2D eigenvalue weighted by molar-refractivity contribution is 4.86. The molecule has 0 radical (unpaired) electrons. The molecule has 3 atom stereocenters. The van der Waals surface area contributed by atoms with Crippen molar-refractivity contribution < 1.29 is 4.74 Å². The number of likely N-dealkylation sites (N-methyl/N-ethyl adjacent to an activating group) is 1. The highest BCUT2D eigenvalue weighted by Gasteiger charge is 2.31. The Morgan fingerprint density at radius 3 is 2.67 bits per heavy atom. The van der Waals surface area contributed by atoms with Crippen LogP contribution >= 0.6 is 0 Å². The summed E-state index contributed by atoms with van der Waals surface area (Å²) in [5, 5.41) is 0. The zero-order valence-electron chi connectivity index (χ0n) is 9.98. The fourth-order valence-corrected chi connectivity index (χ4v) is 2.58. The predicted molar refractivity (Wildman–Crippen MR) is 61.8 cm³/mol. The first-order valence-corrected chi connectivity index (χ1v) is 6.26. The lowest BCUT2D eigenvalue weighted by molar-refractivity contribution is 0.0825. The summed E-state index contributed by atoms with van der Waals surface area (Å²) in [4.78, 5) is 2.43. The third-order valence-corrected chi connectivity index (χ3v) is 3.95. The van der Waals surface area contributed by atoms with Crippen molar-refractivity contribution in [1.82, 2.24) is 4.90 Å². The van der Waals surface area contributed by atoms with E-state index in [4.69, 9.17) is 10.5 Å². The number of rotatable bonds is 5. The maximum Gasteiger partial charge on any atom is 0.0702 e. The Morgan fingerprint density at radius 1 is 1.40 bits per heavy atom. The molecule has 0 amide bonds. The standard InChI is InChI=1S/C12H24N2O/c1-9-12(6-8-15-9)14(2)7-5-11(13)10-3-4-10/h9-12H,3-8,13H2,1-2H3. The number of hydrogen-bond acceptors (Lipinski definition) is 3. The van der Waals surface area contributed by atoms with Gasteiger partial charge in [0.05, 0.1) is 6.10 Å². The van der Waals surface area contributed by atoms with Crippen LogP contribution in [0, 0.1) is 5.92 Å². The van der Waals surface area contributed by atoms with Gasteiger partial charge in [0, 0.05) is 18.7 Å². The molecule has 2 aliphatic rings. The predicted octanol–water partition coefficient (Wildman–Crippen LogP) is 1.22. The maximum absolute atomic E-state index is 6.10. The number of nitrogens with two attached hydrogens (primary N) is 1. The Labute approximate surface area is 93.0 Å². The monoisotopic (exact) mass is 212 g/mol. The van der Waals surface area contributed by atoms with E-state index in [1.807, 2.05) is 0 Å². The average molecular weight is 212 g/mol. The van der Waals surface area contributed by atoms with Crippen LogP contribution in [-0.2, 0) is 4.74 Å². The van der Waals surface area contributed by atoms with Crippen LogP contribution in [0.5, 0.6) is 0 Å². The Balaban J connectivity index is 1.68. The third kappa shape index (κ3) is 2.92. The third-order valence-electron chi connectivity index (χ3n) is 3.95. The van der Waals surface area contributed by atoms with Crippen LogP contribution in [0.4, 0.5) is 0 Å². The molecular weight excluding hydrogens is 188 g/mol. The van der Waals surface area contributed by atoms with E-state index in [1.54, 1.807) is 0 Å². The molecule has 3 unspecified atom stereocenters. The molecule has 0 aromatic rings. The van der Waals surface area contributed by atoms with E-state index >= 15 is 0 Å². The first-order valence-electron chi connectivity index (χ1n) is 6.26. The van der Waals surface area contributed by atoms with E-state index in [0.29, 0.717) is 18.2 Å². The van der Waals surface area contributed by atoms with Gasteiger partial charge >= 0.3 is 0 Å². The Morgan fingerprint density at radius 2 is 2.13 bits per heavy atom. The molecular formula is C12H24N2O. The summed E-state index contributed by atoms with van der Waals surface area (Å²) in [5.74, 6) is 0.829. The van der Waals surface area contributed by atoms with E-state index in [1.165, 1.54) is 19.3 Å². The van der Waals surface area contributed by atoms with Crippen LogP contribution < -0.4 is 5.73 Å². The van der Waals surface area contributed by atoms with Gasteiger partial charge in [-0.15, -0.1) is 0 Å². The fraction of sp³-hybridized carbons (Fsp3) is 1.00. The highest BCUT2D eigenvalue weighted by Crippen LogP contribution is 2.33. The zero-order valence-corrected chi connectivity index (χ0v) is 9.98. The zero-order chi connectivity index (χ0) is 10.8. The lowest BCUT2D eigenvalue weighted by atomic mass is 10.1. The molecule has 1 heterocycles. The van der Waals surface area contributed by atoms with Crippen molar-refractivity contribution in [3.63, 3.8) is 0 Å². The van der Waals surface area contributed by atoms with Gasteiger partial charge in [-0.2, -0.15) is 0 Å². The van der Waals surface area contributed by atoms with Crippen molar-refractivity contribution in [2.45, 2.75) is 50.8 Å². The number of nitrogens with zero attached hydrogens (tertiary/aromatic N) is 1. The minimum Gasteiger partial charge on any atom is -0.377 e. The lowest BCUT2D eigenvalue weighted by Crippen LogP contribution is -2.39. The van der Waals surface area contributed by atoms with Crippen LogP contribution in [-0.4, -0.2) is 43.3 Å². The van der Waals surface area contributed by atoms with Crippen molar-refractivity contribution in [2.24, 2.45) is 11.7 Å². The molecule has 2 N–H and O–H groups in total. The van der Waals surface area contributed by atoms with Crippen LogP contribution in [0.25, 0.3) is 0 Å². The normalized spacial score (nSPS) is 33.6. The smallest absolute Gasteiger partial charge is 0.0702 e. The first kappa shape index (κ1) is 11.4. The highest BCUT2D eigenvalue weighted by atomic mass is 16.5. The summed E-state index contributed by atoms with van der Waals surface area (Å²) in [6.07, 6.45) is 5.43. The molecule has 0 aromatic heterocycles. The van der Waals surface area contributed by atoms with Crippen molar-refractivity contribution in [3.8, 4) is 0 Å². The molecule has 0 bridgehead atoms. The molecule has 2 fully saturated rings. The average Bonchev–Trinajstić information content (AvgIpc) is 2.98. The van der Waals surface area contributed by atoms with Crippen LogP contribution in [0.15, 0.2) is 0 Å². The molecule has 1 saturated heterocycles. The van der Waals surface area contributed by atoms with Gasteiger partial charge in [-0.05, 0) is 52.1 Å². The minimum absolute atomic E-state index is 0.396. The summed E-state index contributed by atoms with van der Waals surface area (Å²) >= 11 is 0. The Kier molecular flexibility index (Phi) is 3.65. The van der Waals surface area contributed by atoms with E-state index in [9.17, 15) is 0 Å². The van der Waals surface area contributed by atoms with Gasteiger partial charge in [0.2, 0.25) is 0 Å². The van der Waals surface area contributed by atoms with E-state index < -0.39 is 0 Å². The van der Waals surface area contributed by atoms with E-state index in [2.05, 4.69) is 18.9 Å². The van der Waals surface area contributed by atoms with Crippen LogP contribution in [0.1, 0.15) is 32.6 Å². The summed E-state index contributed by atoms with van der Waals surface area (Å²) in [6.45, 7) is 4.22. The van der Waals surface area contributed by atoms with Gasteiger partial charge in [0.15, 0.2) is 0 Å². The van der Waals surface area contributed by atoms with Gasteiger partial charge in [0.1, 0.15) is 0 Å². The molecule has 1 saturated carbocycles. The van der Waals surface area contributed by atoms with Crippen LogP contribution in [0.3, 0.4) is 0 Å². The van der Waals surface area contributed by atoms with E-state index in [-0.39, 0.29) is 0 Å². The Hall–Kier alpha value is -0.120. The molecule has 1 aliphatic carbocycles. The number of hydrogen-bond donors (Lipinski definition) is 1. The van der Waals surface area contributed by atoms with Crippen molar-refractivity contribution in [3.05, 3.63) is 0 Å². The van der Waals surface area contributed by atoms with Crippen LogP contribution in [0.2, 0.25) is 0 Å². The fourth-order valence-electron chi connectivity index (χ4n) is 2.58. The molecule has 0 aromatic carbocycles. The lowest BCUT2D eigenvalue weighted by Gasteiger charge is -2.27. The van der Waals surface area contributed by atoms with Gasteiger partial charge in [-0.25, -0.2) is 0 Å². The first-order chi connectivity index (χ1) is 7.18. The largest absolute Gasteiger partial charge is 0.377 e. The molecule has 1 aliphatic heterocycles. The summed E-state index contributed by atoms with van der Waals surface area (Å²) < 4.78 is 5.58. The molecule has 3 heteroatoms. The second kappa shape index (κ2) is 4.81. The Bertz CT molecular complexity index is 206. The van der Waals surface area contributed by atoms with Gasteiger partial charge in [-0.1, -0.05) is 0 Å². The van der Waals surface area contributed by atoms with Crippen molar-refractivity contribution >= 4 is 0 Å². The van der Waals surface area contributed by atoms with Crippen molar-refractivity contribution in [1.29, 1.82) is 0 Å². The van der Waals surface area contributed by atoms with Gasteiger partial charge < -0.3 is 15.4 Å². The maximum atomic E-state index is 6.10. The quantitative estimate of drug-likeness (QED) is 0.745. The SMILES string of the molecule is CC1OCCC1N(C)CCC(N)C1CC1. The molecule has 15 heavy (non-hydrogen) atoms. The summed E-state index contributed by atoms with van der Waals surface area (Å²) in [5.41, 5.74) is 6.10. The van der Waals surface area contributed by atoms with Crippen molar-refractivity contribution in [2.75, 3.05) is 20.2 Å². The molecule has 0 spiro atoms. The second-order valence-electron chi connectivity index (χ2n) is 5.20. The van der Waals surface area contributed by atoms with E-state index in [0.717, 1.165) is 25.5 Å². The molecule has 3 nitrogen and oxygen atoms in total. The minimum atomic E-state index is 0.396. The summed E-state index contributed by atoms with van der Waals surface area (Å²) in [7, 11) is 2.20. The molecule has 2 rings (SSSR count). The summed E-state index contributed by atoms with van der Waals surface area (Å²) in [6, 6.07) is 1.04. The second-order valence-corrected chi connectivity index (χ2v) is 5.20. The topological polar surface area (TPSA) is 38.5 Å². The molecule has 88 valence electrons. The number of ether oxygens (including phenoxy) is 1. The van der Waals surface area contributed by atoms with Gasteiger partial charge in [-0.3, -0.25) is 0 Å². The van der Waals surface area contributed by atoms with Gasteiger partial charge in [0.25, 0.3) is 0 Å².